The van der Waals surface area contributed by atoms with Crippen LogP contribution in [0.1, 0.15) is 12.8 Å². The van der Waals surface area contributed by atoms with Crippen molar-refractivity contribution >= 4 is 24.2 Å². The minimum absolute atomic E-state index is 0. The summed E-state index contributed by atoms with van der Waals surface area (Å²) in [5.74, 6) is 2.36. The average Bonchev–Trinajstić information content (AvgIpc) is 1.91. The lowest BCUT2D eigenvalue weighted by Gasteiger charge is -2.21. The first-order chi connectivity index (χ1) is 4.43. The van der Waals surface area contributed by atoms with Gasteiger partial charge in [-0.2, -0.15) is 11.8 Å². The van der Waals surface area contributed by atoms with Crippen molar-refractivity contribution < 1.29 is 0 Å². The number of hydrogen-bond acceptors (Lipinski definition) is 2. The van der Waals surface area contributed by atoms with Gasteiger partial charge in [0.15, 0.2) is 0 Å². The molecule has 1 heterocycles. The highest BCUT2D eigenvalue weighted by molar-refractivity contribution is 7.98. The van der Waals surface area contributed by atoms with Crippen molar-refractivity contribution in [1.29, 1.82) is 0 Å². The molecule has 1 rings (SSSR count). The quantitative estimate of drug-likeness (QED) is 0.697. The van der Waals surface area contributed by atoms with E-state index in [9.17, 15) is 0 Å². The van der Waals surface area contributed by atoms with Crippen LogP contribution in [0.2, 0.25) is 0 Å². The number of hydrogen-bond donors (Lipinski definition) is 1. The molecular weight excluding hydrogens is 166 g/mol. The Labute approximate surface area is 73.7 Å². The van der Waals surface area contributed by atoms with Crippen LogP contribution in [-0.4, -0.2) is 25.1 Å². The van der Waals surface area contributed by atoms with Gasteiger partial charge in [0.25, 0.3) is 0 Å². The van der Waals surface area contributed by atoms with E-state index in [2.05, 4.69) is 11.6 Å². The summed E-state index contributed by atoms with van der Waals surface area (Å²) in [7, 11) is 0. The SMILES string of the molecule is CSCC1CCNCC1.Cl. The van der Waals surface area contributed by atoms with Gasteiger partial charge in [-0.05, 0) is 43.9 Å². The van der Waals surface area contributed by atoms with Gasteiger partial charge in [-0.1, -0.05) is 0 Å². The third-order valence-corrected chi connectivity index (χ3v) is 2.67. The monoisotopic (exact) mass is 181 g/mol. The standard InChI is InChI=1S/C7H15NS.ClH/c1-9-6-7-2-4-8-5-3-7;/h7-8H,2-6H2,1H3;1H. The third-order valence-electron chi connectivity index (χ3n) is 1.86. The highest BCUT2D eigenvalue weighted by Gasteiger charge is 2.10. The fraction of sp³-hybridized carbons (Fsp3) is 1.00. The fourth-order valence-corrected chi connectivity index (χ4v) is 2.09. The maximum absolute atomic E-state index is 3.36. The third kappa shape index (κ3) is 3.69. The number of halogens is 1. The molecule has 1 saturated heterocycles. The van der Waals surface area contributed by atoms with Gasteiger partial charge in [-0.15, -0.1) is 12.4 Å². The average molecular weight is 182 g/mol. The predicted molar refractivity (Wildman–Crippen MR) is 51.2 cm³/mol. The molecule has 0 bridgehead atoms. The smallest absolute Gasteiger partial charge is 0.00410 e. The Balaban J connectivity index is 0.000000810. The first-order valence-electron chi connectivity index (χ1n) is 3.63. The zero-order chi connectivity index (χ0) is 6.53. The molecule has 10 heavy (non-hydrogen) atoms. The lowest BCUT2D eigenvalue weighted by atomic mass is 10.0. The topological polar surface area (TPSA) is 12.0 Å². The van der Waals surface area contributed by atoms with Crippen molar-refractivity contribution in [3.05, 3.63) is 0 Å². The van der Waals surface area contributed by atoms with Gasteiger partial charge in [0.1, 0.15) is 0 Å². The van der Waals surface area contributed by atoms with Crippen molar-refractivity contribution in [3.63, 3.8) is 0 Å². The Morgan fingerprint density at radius 2 is 2.00 bits per heavy atom. The summed E-state index contributed by atoms with van der Waals surface area (Å²) in [4.78, 5) is 0. The van der Waals surface area contributed by atoms with Crippen LogP contribution in [0.4, 0.5) is 0 Å². The molecular formula is C7H16ClNS. The summed E-state index contributed by atoms with van der Waals surface area (Å²) < 4.78 is 0. The Morgan fingerprint density at radius 3 is 2.50 bits per heavy atom. The van der Waals surface area contributed by atoms with Gasteiger partial charge >= 0.3 is 0 Å². The van der Waals surface area contributed by atoms with Crippen molar-refractivity contribution in [2.75, 3.05) is 25.1 Å². The molecule has 0 atom stereocenters. The molecule has 0 aromatic rings. The summed E-state index contributed by atoms with van der Waals surface area (Å²) in [6.07, 6.45) is 4.98. The molecule has 0 unspecified atom stereocenters. The summed E-state index contributed by atoms with van der Waals surface area (Å²) in [5, 5.41) is 3.36. The molecule has 3 heteroatoms. The van der Waals surface area contributed by atoms with Crippen molar-refractivity contribution in [2.24, 2.45) is 5.92 Å². The van der Waals surface area contributed by atoms with E-state index in [1.54, 1.807) is 0 Å². The Hall–Kier alpha value is 0.600. The molecule has 1 N–H and O–H groups in total. The van der Waals surface area contributed by atoms with Crippen molar-refractivity contribution in [1.82, 2.24) is 5.32 Å². The molecule has 0 spiro atoms. The molecule has 0 aliphatic carbocycles. The molecule has 1 fully saturated rings. The minimum Gasteiger partial charge on any atom is -0.317 e. The van der Waals surface area contributed by atoms with Gasteiger partial charge in [0.2, 0.25) is 0 Å². The van der Waals surface area contributed by atoms with Crippen molar-refractivity contribution in [2.45, 2.75) is 12.8 Å². The summed E-state index contributed by atoms with van der Waals surface area (Å²) in [5.41, 5.74) is 0. The molecule has 0 radical (unpaired) electrons. The largest absolute Gasteiger partial charge is 0.317 e. The Kier molecular flexibility index (Phi) is 6.70. The first kappa shape index (κ1) is 10.6. The second-order valence-electron chi connectivity index (χ2n) is 2.65. The minimum atomic E-state index is 0. The summed E-state index contributed by atoms with van der Waals surface area (Å²) in [6, 6.07) is 0. The molecule has 1 aliphatic rings. The number of thioether (sulfide) groups is 1. The highest BCUT2D eigenvalue weighted by atomic mass is 35.5. The van der Waals surface area contributed by atoms with E-state index in [1.807, 2.05) is 11.8 Å². The zero-order valence-electron chi connectivity index (χ0n) is 6.43. The van der Waals surface area contributed by atoms with E-state index in [1.165, 1.54) is 31.7 Å². The Bertz CT molecular complexity index is 71.3. The molecule has 1 nitrogen and oxygen atoms in total. The number of rotatable bonds is 2. The van der Waals surface area contributed by atoms with Gasteiger partial charge in [-0.25, -0.2) is 0 Å². The summed E-state index contributed by atoms with van der Waals surface area (Å²) in [6.45, 7) is 2.48. The van der Waals surface area contributed by atoms with E-state index in [0.717, 1.165) is 5.92 Å². The normalized spacial score (nSPS) is 20.1. The van der Waals surface area contributed by atoms with E-state index in [4.69, 9.17) is 0 Å². The lowest BCUT2D eigenvalue weighted by molar-refractivity contribution is 0.408. The van der Waals surface area contributed by atoms with Gasteiger partial charge in [0.05, 0.1) is 0 Å². The zero-order valence-corrected chi connectivity index (χ0v) is 8.06. The fourth-order valence-electron chi connectivity index (χ4n) is 1.28. The van der Waals surface area contributed by atoms with Crippen LogP contribution in [0.15, 0.2) is 0 Å². The molecule has 0 saturated carbocycles. The molecule has 62 valence electrons. The highest BCUT2D eigenvalue weighted by Crippen LogP contribution is 2.15. The van der Waals surface area contributed by atoms with Crippen LogP contribution in [0.5, 0.6) is 0 Å². The van der Waals surface area contributed by atoms with E-state index >= 15 is 0 Å². The molecule has 0 aromatic heterocycles. The lowest BCUT2D eigenvalue weighted by Crippen LogP contribution is -2.28. The van der Waals surface area contributed by atoms with Crippen LogP contribution >= 0.6 is 24.2 Å². The van der Waals surface area contributed by atoms with Gasteiger partial charge in [0, 0.05) is 0 Å². The molecule has 0 aromatic carbocycles. The maximum Gasteiger partial charge on any atom is -0.00410 e. The Morgan fingerprint density at radius 1 is 1.40 bits per heavy atom. The van der Waals surface area contributed by atoms with Gasteiger partial charge < -0.3 is 5.32 Å². The van der Waals surface area contributed by atoms with E-state index in [-0.39, 0.29) is 12.4 Å². The van der Waals surface area contributed by atoms with Crippen LogP contribution in [0.25, 0.3) is 0 Å². The van der Waals surface area contributed by atoms with Crippen LogP contribution in [0.3, 0.4) is 0 Å². The molecule has 1 aliphatic heterocycles. The molecule has 0 amide bonds. The summed E-state index contributed by atoms with van der Waals surface area (Å²) >= 11 is 1.98. The number of nitrogens with one attached hydrogen (secondary N) is 1. The van der Waals surface area contributed by atoms with E-state index in [0.29, 0.717) is 0 Å². The van der Waals surface area contributed by atoms with Crippen molar-refractivity contribution in [3.8, 4) is 0 Å². The van der Waals surface area contributed by atoms with Crippen LogP contribution in [-0.2, 0) is 0 Å². The second-order valence-corrected chi connectivity index (χ2v) is 3.56. The maximum atomic E-state index is 3.36. The number of piperidine rings is 1. The second kappa shape index (κ2) is 6.32. The first-order valence-corrected chi connectivity index (χ1v) is 5.02. The van der Waals surface area contributed by atoms with Crippen LogP contribution < -0.4 is 5.32 Å². The van der Waals surface area contributed by atoms with Crippen LogP contribution in [0, 0.1) is 5.92 Å². The predicted octanol–water partition coefficient (Wildman–Crippen LogP) is 1.77. The van der Waals surface area contributed by atoms with E-state index < -0.39 is 0 Å². The van der Waals surface area contributed by atoms with Gasteiger partial charge in [-0.3, -0.25) is 0 Å².